The maximum absolute atomic E-state index is 11.8. The Morgan fingerprint density at radius 1 is 1.29 bits per heavy atom. The van der Waals surface area contributed by atoms with E-state index in [4.69, 9.17) is 4.74 Å². The van der Waals surface area contributed by atoms with Crippen molar-refractivity contribution in [2.24, 2.45) is 0 Å². The number of nitrogens with zero attached hydrogens (tertiary/aromatic N) is 1. The highest BCUT2D eigenvalue weighted by atomic mass is 16.5. The van der Waals surface area contributed by atoms with Gasteiger partial charge in [0.2, 0.25) is 5.91 Å². The molecule has 1 amide bonds. The lowest BCUT2D eigenvalue weighted by molar-refractivity contribution is -0.146. The Bertz CT molecular complexity index is 256. The predicted molar refractivity (Wildman–Crippen MR) is 66.6 cm³/mol. The SMILES string of the molecule is CCOC(=O)C(CC)NC(C)C(=O)N(C)CC. The van der Waals surface area contributed by atoms with Crippen LogP contribution >= 0.6 is 0 Å². The normalized spacial score (nSPS) is 13.9. The Balaban J connectivity index is 4.37. The standard InChI is InChI=1S/C12H24N2O3/c1-6-10(12(16)17-8-3)13-9(4)11(15)14(5)7-2/h9-10,13H,6-8H2,1-5H3. The van der Waals surface area contributed by atoms with Crippen molar-refractivity contribution in [1.82, 2.24) is 10.2 Å². The Labute approximate surface area is 103 Å². The topological polar surface area (TPSA) is 58.6 Å². The molecule has 0 aliphatic carbocycles. The molecule has 17 heavy (non-hydrogen) atoms. The highest BCUT2D eigenvalue weighted by Gasteiger charge is 2.24. The molecule has 2 atom stereocenters. The van der Waals surface area contributed by atoms with Crippen LogP contribution in [0, 0.1) is 0 Å². The van der Waals surface area contributed by atoms with Crippen LogP contribution in [0.1, 0.15) is 34.1 Å². The van der Waals surface area contributed by atoms with Crippen LogP contribution in [-0.4, -0.2) is 49.1 Å². The minimum Gasteiger partial charge on any atom is -0.465 e. The van der Waals surface area contributed by atoms with E-state index in [-0.39, 0.29) is 17.9 Å². The van der Waals surface area contributed by atoms with Crippen molar-refractivity contribution in [2.75, 3.05) is 20.2 Å². The first-order valence-electron chi connectivity index (χ1n) is 6.15. The summed E-state index contributed by atoms with van der Waals surface area (Å²) in [6.45, 7) is 8.33. The number of nitrogens with one attached hydrogen (secondary N) is 1. The maximum atomic E-state index is 11.8. The van der Waals surface area contributed by atoms with Crippen LogP contribution in [0.2, 0.25) is 0 Å². The Kier molecular flexibility index (Phi) is 7.54. The van der Waals surface area contributed by atoms with Crippen molar-refractivity contribution in [3.63, 3.8) is 0 Å². The third kappa shape index (κ3) is 5.17. The molecule has 0 saturated heterocycles. The van der Waals surface area contributed by atoms with Gasteiger partial charge in [-0.05, 0) is 27.2 Å². The van der Waals surface area contributed by atoms with Crippen molar-refractivity contribution in [3.05, 3.63) is 0 Å². The summed E-state index contributed by atoms with van der Waals surface area (Å²) >= 11 is 0. The van der Waals surface area contributed by atoms with Gasteiger partial charge < -0.3 is 9.64 Å². The second-order valence-electron chi connectivity index (χ2n) is 3.95. The first-order chi connectivity index (χ1) is 7.97. The number of carbonyl (C=O) groups is 2. The largest absolute Gasteiger partial charge is 0.465 e. The molecular weight excluding hydrogens is 220 g/mol. The molecule has 0 radical (unpaired) electrons. The molecule has 5 heteroatoms. The maximum Gasteiger partial charge on any atom is 0.323 e. The number of rotatable bonds is 7. The van der Waals surface area contributed by atoms with Crippen LogP contribution in [0.4, 0.5) is 0 Å². The third-order valence-corrected chi connectivity index (χ3v) is 2.65. The molecule has 0 bridgehead atoms. The average Bonchev–Trinajstić information content (AvgIpc) is 2.33. The zero-order chi connectivity index (χ0) is 13.4. The molecule has 0 fully saturated rings. The predicted octanol–water partition coefficient (Wildman–Crippen LogP) is 0.785. The number of ether oxygens (including phenoxy) is 1. The fourth-order valence-electron chi connectivity index (χ4n) is 1.45. The van der Waals surface area contributed by atoms with Crippen molar-refractivity contribution in [1.29, 1.82) is 0 Å². The number of hydrogen-bond acceptors (Lipinski definition) is 4. The number of likely N-dealkylation sites (N-methyl/N-ethyl adjacent to an activating group) is 1. The van der Waals surface area contributed by atoms with E-state index < -0.39 is 6.04 Å². The average molecular weight is 244 g/mol. The summed E-state index contributed by atoms with van der Waals surface area (Å²) < 4.78 is 4.94. The van der Waals surface area contributed by atoms with Gasteiger partial charge in [-0.2, -0.15) is 0 Å². The highest BCUT2D eigenvalue weighted by molar-refractivity contribution is 5.83. The van der Waals surface area contributed by atoms with E-state index in [0.717, 1.165) is 0 Å². The summed E-state index contributed by atoms with van der Waals surface area (Å²) in [5.41, 5.74) is 0. The molecule has 2 unspecified atom stereocenters. The quantitative estimate of drug-likeness (QED) is 0.673. The smallest absolute Gasteiger partial charge is 0.323 e. The summed E-state index contributed by atoms with van der Waals surface area (Å²) in [6, 6.07) is -0.798. The summed E-state index contributed by atoms with van der Waals surface area (Å²) in [7, 11) is 1.74. The van der Waals surface area contributed by atoms with E-state index in [0.29, 0.717) is 19.6 Å². The fourth-order valence-corrected chi connectivity index (χ4v) is 1.45. The van der Waals surface area contributed by atoms with E-state index in [1.807, 2.05) is 13.8 Å². The summed E-state index contributed by atoms with van der Waals surface area (Å²) in [5.74, 6) is -0.316. The molecule has 1 N–H and O–H groups in total. The van der Waals surface area contributed by atoms with E-state index in [2.05, 4.69) is 5.32 Å². The molecule has 0 spiro atoms. The molecule has 0 saturated carbocycles. The number of esters is 1. The van der Waals surface area contributed by atoms with E-state index in [1.165, 1.54) is 0 Å². The molecule has 0 aromatic rings. The molecule has 0 aliphatic heterocycles. The molecule has 0 aromatic carbocycles. The van der Waals surface area contributed by atoms with Crippen LogP contribution in [0.25, 0.3) is 0 Å². The number of amides is 1. The van der Waals surface area contributed by atoms with E-state index in [9.17, 15) is 9.59 Å². The zero-order valence-electron chi connectivity index (χ0n) is 11.4. The summed E-state index contributed by atoms with van der Waals surface area (Å²) in [6.07, 6.45) is 0.603. The van der Waals surface area contributed by atoms with Gasteiger partial charge in [0.1, 0.15) is 6.04 Å². The highest BCUT2D eigenvalue weighted by Crippen LogP contribution is 2.00. The molecule has 0 aliphatic rings. The van der Waals surface area contributed by atoms with Gasteiger partial charge in [-0.15, -0.1) is 0 Å². The first-order valence-corrected chi connectivity index (χ1v) is 6.15. The van der Waals surface area contributed by atoms with Gasteiger partial charge in [0.15, 0.2) is 0 Å². The molecule has 5 nitrogen and oxygen atoms in total. The molecular formula is C12H24N2O3. The Hall–Kier alpha value is -1.10. The second-order valence-corrected chi connectivity index (χ2v) is 3.95. The van der Waals surface area contributed by atoms with Gasteiger partial charge in [0, 0.05) is 13.6 Å². The second kappa shape index (κ2) is 8.06. The van der Waals surface area contributed by atoms with Crippen molar-refractivity contribution in [2.45, 2.75) is 46.2 Å². The lowest BCUT2D eigenvalue weighted by Crippen LogP contribution is -2.50. The van der Waals surface area contributed by atoms with Crippen LogP contribution in [0.5, 0.6) is 0 Å². The van der Waals surface area contributed by atoms with Crippen LogP contribution in [-0.2, 0) is 14.3 Å². The molecule has 100 valence electrons. The Morgan fingerprint density at radius 3 is 2.29 bits per heavy atom. The minimum atomic E-state index is -0.417. The van der Waals surface area contributed by atoms with Gasteiger partial charge in [-0.1, -0.05) is 6.92 Å². The Morgan fingerprint density at radius 2 is 1.88 bits per heavy atom. The number of hydrogen-bond donors (Lipinski definition) is 1. The monoisotopic (exact) mass is 244 g/mol. The lowest BCUT2D eigenvalue weighted by atomic mass is 10.2. The van der Waals surface area contributed by atoms with E-state index >= 15 is 0 Å². The van der Waals surface area contributed by atoms with Crippen molar-refractivity contribution in [3.8, 4) is 0 Å². The molecule has 0 aromatic heterocycles. The van der Waals surface area contributed by atoms with Crippen molar-refractivity contribution < 1.29 is 14.3 Å². The van der Waals surface area contributed by atoms with Gasteiger partial charge in [-0.25, -0.2) is 0 Å². The minimum absolute atomic E-state index is 0.0183. The van der Waals surface area contributed by atoms with Gasteiger partial charge in [-0.3, -0.25) is 14.9 Å². The summed E-state index contributed by atoms with van der Waals surface area (Å²) in [5, 5.41) is 3.00. The van der Waals surface area contributed by atoms with Crippen LogP contribution < -0.4 is 5.32 Å². The van der Waals surface area contributed by atoms with Gasteiger partial charge in [0.25, 0.3) is 0 Å². The number of carbonyl (C=O) groups excluding carboxylic acids is 2. The molecule has 0 rings (SSSR count). The fraction of sp³-hybridized carbons (Fsp3) is 0.833. The summed E-state index contributed by atoms with van der Waals surface area (Å²) in [4.78, 5) is 25.0. The lowest BCUT2D eigenvalue weighted by Gasteiger charge is -2.24. The molecule has 0 heterocycles. The third-order valence-electron chi connectivity index (χ3n) is 2.65. The van der Waals surface area contributed by atoms with E-state index in [1.54, 1.807) is 25.8 Å². The zero-order valence-corrected chi connectivity index (χ0v) is 11.4. The van der Waals surface area contributed by atoms with Gasteiger partial charge >= 0.3 is 5.97 Å². The first kappa shape index (κ1) is 15.9. The van der Waals surface area contributed by atoms with Crippen LogP contribution in [0.3, 0.4) is 0 Å². The van der Waals surface area contributed by atoms with Crippen LogP contribution in [0.15, 0.2) is 0 Å². The van der Waals surface area contributed by atoms with Crippen molar-refractivity contribution >= 4 is 11.9 Å². The van der Waals surface area contributed by atoms with Gasteiger partial charge in [0.05, 0.1) is 12.6 Å².